The summed E-state index contributed by atoms with van der Waals surface area (Å²) >= 11 is 0. The van der Waals surface area contributed by atoms with E-state index in [-0.39, 0.29) is 22.8 Å². The SMILES string of the molecule is O=C(c1c[nH]cc1Cc1ccccc1)N1CC2(C1)CS(=O)(=O)C2. The second-order valence-corrected chi connectivity index (χ2v) is 8.81. The number of H-pyrrole nitrogens is 1. The van der Waals surface area contributed by atoms with Crippen molar-refractivity contribution in [3.63, 3.8) is 0 Å². The standard InChI is InChI=1S/C17H18N2O3S/c20-16(19-9-17(10-19)11-23(21,22)12-17)15-8-18-7-14(15)6-13-4-2-1-3-5-13/h1-5,7-8,18H,6,9-12H2. The zero-order valence-corrected chi connectivity index (χ0v) is 13.5. The molecule has 0 radical (unpaired) electrons. The lowest BCUT2D eigenvalue weighted by Gasteiger charge is -2.54. The number of nitrogens with zero attached hydrogens (tertiary/aromatic N) is 1. The molecule has 1 spiro atoms. The first-order valence-electron chi connectivity index (χ1n) is 7.66. The van der Waals surface area contributed by atoms with E-state index in [2.05, 4.69) is 4.98 Å². The molecule has 0 saturated carbocycles. The van der Waals surface area contributed by atoms with Gasteiger partial charge in [0, 0.05) is 30.9 Å². The molecule has 23 heavy (non-hydrogen) atoms. The van der Waals surface area contributed by atoms with Crippen molar-refractivity contribution in [1.82, 2.24) is 9.88 Å². The van der Waals surface area contributed by atoms with Crippen LogP contribution in [0.1, 0.15) is 21.5 Å². The van der Waals surface area contributed by atoms with Crippen LogP contribution >= 0.6 is 0 Å². The molecule has 1 aromatic heterocycles. The molecular weight excluding hydrogens is 312 g/mol. The van der Waals surface area contributed by atoms with Crippen molar-refractivity contribution in [2.75, 3.05) is 24.6 Å². The van der Waals surface area contributed by atoms with Crippen LogP contribution < -0.4 is 0 Å². The monoisotopic (exact) mass is 330 g/mol. The van der Waals surface area contributed by atoms with Crippen LogP contribution in [0.3, 0.4) is 0 Å². The van der Waals surface area contributed by atoms with Gasteiger partial charge in [-0.3, -0.25) is 4.79 Å². The lowest BCUT2D eigenvalue weighted by atomic mass is 9.82. The highest BCUT2D eigenvalue weighted by molar-refractivity contribution is 7.92. The summed E-state index contributed by atoms with van der Waals surface area (Å²) in [5.74, 6) is 0.453. The smallest absolute Gasteiger partial charge is 0.255 e. The highest BCUT2D eigenvalue weighted by Crippen LogP contribution is 2.42. The average molecular weight is 330 g/mol. The fourth-order valence-corrected chi connectivity index (χ4v) is 5.85. The third-order valence-electron chi connectivity index (χ3n) is 4.69. The normalized spacial score (nSPS) is 20.8. The molecular formula is C17H18N2O3S. The van der Waals surface area contributed by atoms with E-state index in [1.807, 2.05) is 36.5 Å². The highest BCUT2D eigenvalue weighted by atomic mass is 32.2. The van der Waals surface area contributed by atoms with Crippen LogP contribution in [-0.4, -0.2) is 48.8 Å². The Labute approximate surface area is 135 Å². The van der Waals surface area contributed by atoms with E-state index in [9.17, 15) is 13.2 Å². The van der Waals surface area contributed by atoms with Crippen molar-refractivity contribution >= 4 is 15.7 Å². The number of rotatable bonds is 3. The molecule has 2 aliphatic heterocycles. The van der Waals surface area contributed by atoms with Crippen LogP contribution in [0, 0.1) is 5.41 Å². The lowest BCUT2D eigenvalue weighted by Crippen LogP contribution is -2.69. The largest absolute Gasteiger partial charge is 0.367 e. The zero-order chi connectivity index (χ0) is 16.1. The van der Waals surface area contributed by atoms with Crippen molar-refractivity contribution in [1.29, 1.82) is 0 Å². The maximum atomic E-state index is 12.6. The zero-order valence-electron chi connectivity index (χ0n) is 12.7. The molecule has 5 nitrogen and oxygen atoms in total. The van der Waals surface area contributed by atoms with E-state index in [0.717, 1.165) is 11.1 Å². The Morgan fingerprint density at radius 3 is 2.48 bits per heavy atom. The van der Waals surface area contributed by atoms with Crippen molar-refractivity contribution < 1.29 is 13.2 Å². The van der Waals surface area contributed by atoms with Gasteiger partial charge in [0.1, 0.15) is 0 Å². The van der Waals surface area contributed by atoms with Gasteiger partial charge < -0.3 is 9.88 Å². The molecule has 1 aromatic carbocycles. The molecule has 0 aliphatic carbocycles. The summed E-state index contributed by atoms with van der Waals surface area (Å²) in [5.41, 5.74) is 2.66. The molecule has 4 rings (SSSR count). The number of amides is 1. The molecule has 0 bridgehead atoms. The fourth-order valence-electron chi connectivity index (χ4n) is 3.71. The van der Waals surface area contributed by atoms with Crippen LogP contribution in [-0.2, 0) is 16.3 Å². The first-order valence-corrected chi connectivity index (χ1v) is 9.48. The van der Waals surface area contributed by atoms with E-state index < -0.39 is 9.84 Å². The number of hydrogen-bond acceptors (Lipinski definition) is 3. The predicted molar refractivity (Wildman–Crippen MR) is 87.0 cm³/mol. The summed E-state index contributed by atoms with van der Waals surface area (Å²) < 4.78 is 22.7. The molecule has 2 saturated heterocycles. The Balaban J connectivity index is 1.45. The molecule has 1 amide bonds. The van der Waals surface area contributed by atoms with E-state index in [4.69, 9.17) is 0 Å². The first-order chi connectivity index (χ1) is 11.0. The number of hydrogen-bond donors (Lipinski definition) is 1. The van der Waals surface area contributed by atoms with Gasteiger partial charge in [0.2, 0.25) is 0 Å². The van der Waals surface area contributed by atoms with Gasteiger partial charge in [-0.05, 0) is 17.5 Å². The van der Waals surface area contributed by atoms with E-state index >= 15 is 0 Å². The van der Waals surface area contributed by atoms with Gasteiger partial charge in [-0.1, -0.05) is 30.3 Å². The molecule has 0 unspecified atom stereocenters. The number of nitrogens with one attached hydrogen (secondary N) is 1. The summed E-state index contributed by atoms with van der Waals surface area (Å²) in [6.45, 7) is 1.11. The van der Waals surface area contributed by atoms with Gasteiger partial charge in [-0.2, -0.15) is 0 Å². The minimum Gasteiger partial charge on any atom is -0.367 e. The number of carbonyl (C=O) groups is 1. The van der Waals surface area contributed by atoms with Crippen LogP contribution in [0.25, 0.3) is 0 Å². The number of likely N-dealkylation sites (tertiary alicyclic amines) is 1. The topological polar surface area (TPSA) is 70.2 Å². The summed E-state index contributed by atoms with van der Waals surface area (Å²) in [6, 6.07) is 10.0. The molecule has 120 valence electrons. The van der Waals surface area contributed by atoms with Crippen molar-refractivity contribution in [3.05, 3.63) is 59.4 Å². The maximum absolute atomic E-state index is 12.6. The number of aromatic nitrogens is 1. The summed E-state index contributed by atoms with van der Waals surface area (Å²) in [4.78, 5) is 17.4. The van der Waals surface area contributed by atoms with Crippen LogP contribution in [0.2, 0.25) is 0 Å². The molecule has 1 N–H and O–H groups in total. The molecule has 2 aromatic rings. The van der Waals surface area contributed by atoms with Crippen LogP contribution in [0.5, 0.6) is 0 Å². The van der Waals surface area contributed by atoms with Crippen LogP contribution in [0.4, 0.5) is 0 Å². The van der Waals surface area contributed by atoms with E-state index in [1.165, 1.54) is 0 Å². The number of sulfone groups is 1. The third kappa shape index (κ3) is 2.57. The Hall–Kier alpha value is -2.08. The van der Waals surface area contributed by atoms with Crippen LogP contribution in [0.15, 0.2) is 42.7 Å². The van der Waals surface area contributed by atoms with Crippen molar-refractivity contribution in [2.45, 2.75) is 6.42 Å². The minimum atomic E-state index is -2.85. The van der Waals surface area contributed by atoms with Gasteiger partial charge in [0.15, 0.2) is 9.84 Å². The molecule has 2 fully saturated rings. The highest BCUT2D eigenvalue weighted by Gasteiger charge is 2.57. The second kappa shape index (κ2) is 4.96. The molecule has 0 atom stereocenters. The van der Waals surface area contributed by atoms with Crippen molar-refractivity contribution in [3.8, 4) is 0 Å². The summed E-state index contributed by atoms with van der Waals surface area (Å²) in [6.07, 6.45) is 4.31. The van der Waals surface area contributed by atoms with E-state index in [1.54, 1.807) is 11.1 Å². The number of aromatic amines is 1. The first kappa shape index (κ1) is 14.5. The minimum absolute atomic E-state index is 0.00731. The predicted octanol–water partition coefficient (Wildman–Crippen LogP) is 1.48. The maximum Gasteiger partial charge on any atom is 0.255 e. The number of benzene rings is 1. The molecule has 2 aliphatic rings. The molecule has 6 heteroatoms. The third-order valence-corrected chi connectivity index (χ3v) is 6.80. The van der Waals surface area contributed by atoms with E-state index in [0.29, 0.717) is 25.1 Å². The Morgan fingerprint density at radius 1 is 1.13 bits per heavy atom. The Morgan fingerprint density at radius 2 is 1.83 bits per heavy atom. The van der Waals surface area contributed by atoms with Gasteiger partial charge in [-0.15, -0.1) is 0 Å². The quantitative estimate of drug-likeness (QED) is 0.926. The summed E-state index contributed by atoms with van der Waals surface area (Å²) in [7, 11) is -2.85. The Bertz CT molecular complexity index is 835. The lowest BCUT2D eigenvalue weighted by molar-refractivity contribution is 0.0201. The van der Waals surface area contributed by atoms with Gasteiger partial charge in [-0.25, -0.2) is 8.42 Å². The molecule has 3 heterocycles. The van der Waals surface area contributed by atoms with Gasteiger partial charge >= 0.3 is 0 Å². The average Bonchev–Trinajstić information content (AvgIpc) is 2.90. The summed E-state index contributed by atoms with van der Waals surface area (Å²) in [5, 5.41) is 0. The van der Waals surface area contributed by atoms with Gasteiger partial charge in [0.05, 0.1) is 17.1 Å². The van der Waals surface area contributed by atoms with Gasteiger partial charge in [0.25, 0.3) is 5.91 Å². The fraction of sp³-hybridized carbons (Fsp3) is 0.353. The Kier molecular flexibility index (Phi) is 3.13. The van der Waals surface area contributed by atoms with Crippen molar-refractivity contribution in [2.24, 2.45) is 5.41 Å². The second-order valence-electron chi connectivity index (χ2n) is 6.75. The number of carbonyl (C=O) groups excluding carboxylic acids is 1.